The molecule has 0 aliphatic carbocycles. The summed E-state index contributed by atoms with van der Waals surface area (Å²) >= 11 is 3.53. The van der Waals surface area contributed by atoms with Gasteiger partial charge in [0, 0.05) is 11.1 Å². The van der Waals surface area contributed by atoms with E-state index in [2.05, 4.69) is 24.9 Å². The van der Waals surface area contributed by atoms with Crippen LogP contribution in [-0.4, -0.2) is 12.0 Å². The van der Waals surface area contributed by atoms with E-state index in [-0.39, 0.29) is 5.78 Å². The van der Waals surface area contributed by atoms with Gasteiger partial charge < -0.3 is 0 Å². The zero-order valence-corrected chi connectivity index (χ0v) is 9.48. The monoisotopic (exact) mass is 208 g/mol. The van der Waals surface area contributed by atoms with Crippen molar-refractivity contribution in [3.8, 4) is 12.3 Å². The molecule has 0 unspecified atom stereocenters. The zero-order chi connectivity index (χ0) is 11.8. The van der Waals surface area contributed by atoms with Crippen molar-refractivity contribution in [1.29, 1.82) is 0 Å². The van der Waals surface area contributed by atoms with Crippen LogP contribution < -0.4 is 0 Å². The third-order valence-corrected chi connectivity index (χ3v) is 1.75. The Morgan fingerprint density at radius 2 is 2.21 bits per heavy atom. The number of carbonyl (C=O) groups is 1. The number of hydrogen-bond donors (Lipinski definition) is 1. The molecular formula is C12H14OS. The van der Waals surface area contributed by atoms with Crippen molar-refractivity contribution in [2.45, 2.75) is 13.8 Å². The number of thiol groups is 1. The number of benzene rings is 1. The first-order valence-corrected chi connectivity index (χ1v) is 5.03. The molecule has 0 atom stereocenters. The van der Waals surface area contributed by atoms with E-state index in [0.29, 0.717) is 0 Å². The van der Waals surface area contributed by atoms with Crippen LogP contribution in [0.4, 0.5) is 0 Å². The molecule has 0 spiro atoms. The molecule has 74 valence electrons. The Morgan fingerprint density at radius 1 is 1.57 bits per heavy atom. The highest BCUT2D eigenvalue weighted by Gasteiger charge is 2.02. The number of rotatable bonds is 1. The first-order valence-electron chi connectivity index (χ1n) is 4.64. The van der Waals surface area contributed by atoms with Crippen LogP contribution in [0.2, 0.25) is 0 Å². The molecule has 0 N–H and O–H groups in total. The highest BCUT2D eigenvalue weighted by Crippen LogP contribution is 2.10. The van der Waals surface area contributed by atoms with Gasteiger partial charge in [0.1, 0.15) is 1.37 Å². The maximum Gasteiger partial charge on any atom is 0.160 e. The number of terminal acetylenes is 1. The largest absolute Gasteiger partial charge is 0.295 e. The first kappa shape index (κ1) is 10.9. The summed E-state index contributed by atoms with van der Waals surface area (Å²) in [5.74, 6) is 2.68. The van der Waals surface area contributed by atoms with Crippen LogP contribution >= 0.6 is 12.6 Å². The van der Waals surface area contributed by atoms with Gasteiger partial charge >= 0.3 is 0 Å². The number of ketones is 1. The minimum Gasteiger partial charge on any atom is -0.295 e. The second kappa shape index (κ2) is 6.28. The van der Waals surface area contributed by atoms with E-state index < -0.39 is 0 Å². The van der Waals surface area contributed by atoms with E-state index in [1.54, 1.807) is 18.4 Å². The van der Waals surface area contributed by atoms with E-state index in [4.69, 9.17) is 1.37 Å². The lowest BCUT2D eigenvalue weighted by Crippen LogP contribution is -1.95. The topological polar surface area (TPSA) is 17.1 Å². The van der Waals surface area contributed by atoms with Crippen LogP contribution in [0.1, 0.15) is 29.8 Å². The van der Waals surface area contributed by atoms with Crippen LogP contribution in [0.25, 0.3) is 0 Å². The lowest BCUT2D eigenvalue weighted by atomic mass is 10.0. The van der Waals surface area contributed by atoms with Gasteiger partial charge in [0.25, 0.3) is 0 Å². The lowest BCUT2D eigenvalue weighted by Gasteiger charge is -2.00. The highest BCUT2D eigenvalue weighted by molar-refractivity contribution is 7.79. The Morgan fingerprint density at radius 3 is 2.64 bits per heavy atom. The highest BCUT2D eigenvalue weighted by atomic mass is 32.1. The van der Waals surface area contributed by atoms with E-state index >= 15 is 0 Å². The van der Waals surface area contributed by atoms with Crippen molar-refractivity contribution >= 4 is 18.4 Å². The molecule has 1 nitrogen and oxygen atoms in total. The number of aryl methyl sites for hydroxylation is 1. The fourth-order valence-corrected chi connectivity index (χ4v) is 1.14. The third-order valence-electron chi connectivity index (χ3n) is 1.75. The molecule has 1 rings (SSSR count). The second-order valence-electron chi connectivity index (χ2n) is 2.71. The summed E-state index contributed by atoms with van der Waals surface area (Å²) in [7, 11) is 0. The summed E-state index contributed by atoms with van der Waals surface area (Å²) in [6.07, 6.45) is 3.77. The van der Waals surface area contributed by atoms with Crippen LogP contribution in [0.15, 0.2) is 18.2 Å². The van der Waals surface area contributed by atoms with Gasteiger partial charge in [0.15, 0.2) is 5.78 Å². The van der Waals surface area contributed by atoms with Gasteiger partial charge in [0.2, 0.25) is 0 Å². The van der Waals surface area contributed by atoms with Crippen LogP contribution in [0, 0.1) is 19.2 Å². The van der Waals surface area contributed by atoms with Gasteiger partial charge in [-0.1, -0.05) is 5.92 Å². The molecule has 0 heterocycles. The van der Waals surface area contributed by atoms with Crippen molar-refractivity contribution in [2.24, 2.45) is 0 Å². The quantitative estimate of drug-likeness (QED) is 0.426. The molecule has 0 fully saturated rings. The van der Waals surface area contributed by atoms with Gasteiger partial charge in [-0.3, -0.25) is 4.79 Å². The number of Topliss-reactive ketones (excluding diaryl/α,β-unsaturated/α-hetero) is 1. The minimum absolute atomic E-state index is 0.0582. The molecule has 0 bridgehead atoms. The fraction of sp³-hybridized carbons (Fsp3) is 0.250. The lowest BCUT2D eigenvalue weighted by molar-refractivity contribution is 0.101. The molecule has 0 radical (unpaired) electrons. The van der Waals surface area contributed by atoms with Gasteiger partial charge in [-0.15, -0.1) is 6.40 Å². The average Bonchev–Trinajstić information content (AvgIpc) is 2.21. The Bertz CT molecular complexity index is 402. The van der Waals surface area contributed by atoms with Gasteiger partial charge in [-0.25, -0.2) is 0 Å². The molecule has 0 saturated heterocycles. The summed E-state index contributed by atoms with van der Waals surface area (Å²) in [6, 6.07) is 5.32. The Labute approximate surface area is 92.3 Å². The summed E-state index contributed by atoms with van der Waals surface area (Å²) < 4.78 is 6.72. The number of hydrogen-bond acceptors (Lipinski definition) is 2. The first-order chi connectivity index (χ1) is 7.15. The molecule has 0 saturated carbocycles. The fourth-order valence-electron chi connectivity index (χ4n) is 1.14. The van der Waals surface area contributed by atoms with E-state index in [1.165, 1.54) is 6.92 Å². The van der Waals surface area contributed by atoms with Gasteiger partial charge in [-0.2, -0.15) is 12.6 Å². The molecule has 0 amide bonds. The predicted octanol–water partition coefficient (Wildman–Crippen LogP) is 2.72. The smallest absolute Gasteiger partial charge is 0.160 e. The second-order valence-corrected chi connectivity index (χ2v) is 2.71. The average molecular weight is 208 g/mol. The van der Waals surface area contributed by atoms with Gasteiger partial charge in [0.05, 0.1) is 0 Å². The minimum atomic E-state index is 0.0582. The van der Waals surface area contributed by atoms with Crippen molar-refractivity contribution < 1.29 is 6.17 Å². The maximum atomic E-state index is 11.1. The number of carbonyl (C=O) groups excluding carboxylic acids is 1. The Kier molecular flexibility index (Phi) is 4.88. The summed E-state index contributed by atoms with van der Waals surface area (Å²) in [6.45, 7) is 3.41. The molecule has 0 aromatic heterocycles. The van der Waals surface area contributed by atoms with Crippen LogP contribution in [0.5, 0.6) is 0 Å². The zero-order valence-electron chi connectivity index (χ0n) is 9.59. The van der Waals surface area contributed by atoms with Gasteiger partial charge in [-0.05, 0) is 43.9 Å². The van der Waals surface area contributed by atoms with E-state index in [1.807, 2.05) is 13.0 Å². The summed E-state index contributed by atoms with van der Waals surface area (Å²) in [5.41, 5.74) is 2.40. The molecule has 0 aliphatic rings. The molecule has 1 aromatic carbocycles. The van der Waals surface area contributed by atoms with E-state index in [0.717, 1.165) is 16.7 Å². The van der Waals surface area contributed by atoms with Crippen molar-refractivity contribution in [3.05, 3.63) is 34.9 Å². The molecular weight excluding hydrogens is 192 g/mol. The molecule has 1 aromatic rings. The van der Waals surface area contributed by atoms with Crippen LogP contribution in [0.3, 0.4) is 0 Å². The SMILES string of the molecule is CS.[3H]C#Cc1ccc(C(C)=O)c(C)c1. The van der Waals surface area contributed by atoms with Crippen molar-refractivity contribution in [2.75, 3.05) is 6.26 Å². The Hall–Kier alpha value is -1.20. The van der Waals surface area contributed by atoms with Crippen molar-refractivity contribution in [1.82, 2.24) is 0 Å². The van der Waals surface area contributed by atoms with Crippen LogP contribution in [-0.2, 0) is 0 Å². The van der Waals surface area contributed by atoms with Crippen molar-refractivity contribution in [3.63, 3.8) is 0 Å². The summed E-state index contributed by atoms with van der Waals surface area (Å²) in [4.78, 5) is 11.1. The third kappa shape index (κ3) is 3.27. The predicted molar refractivity (Wildman–Crippen MR) is 64.0 cm³/mol. The normalized spacial score (nSPS) is 8.71. The molecule has 2 heteroatoms. The maximum absolute atomic E-state index is 11.1. The Balaban J connectivity index is 0.000000921. The van der Waals surface area contributed by atoms with E-state index in [9.17, 15) is 4.79 Å². The standard InChI is InChI=1S/C11H10O.CH4S/c1-4-10-5-6-11(9(3)12)8(2)7-10;1-2/h1,5-7H,2-3H3;2H,1H3/i1T;. The molecule has 0 aliphatic heterocycles. The summed E-state index contributed by atoms with van der Waals surface area (Å²) in [5, 5.41) is 0. The molecule has 14 heavy (non-hydrogen) atoms.